The molecule has 0 bridgehead atoms. The van der Waals surface area contributed by atoms with Crippen molar-refractivity contribution in [3.05, 3.63) is 69.4 Å². The van der Waals surface area contributed by atoms with Crippen molar-refractivity contribution in [3.63, 3.8) is 0 Å². The van der Waals surface area contributed by atoms with Gasteiger partial charge in [0.05, 0.1) is 6.04 Å². The summed E-state index contributed by atoms with van der Waals surface area (Å²) in [6, 6.07) is 6.35. The van der Waals surface area contributed by atoms with Gasteiger partial charge < -0.3 is 5.73 Å². The number of halogens is 4. The van der Waals surface area contributed by atoms with Gasteiger partial charge in [-0.3, -0.25) is 0 Å². The van der Waals surface area contributed by atoms with E-state index in [0.717, 1.165) is 12.1 Å². The summed E-state index contributed by atoms with van der Waals surface area (Å²) in [6.45, 7) is 0. The lowest BCUT2D eigenvalue weighted by molar-refractivity contribution is 0.565. The van der Waals surface area contributed by atoms with E-state index >= 15 is 0 Å². The highest BCUT2D eigenvalue weighted by atomic mass is 79.9. The highest BCUT2D eigenvalue weighted by Gasteiger charge is 2.16. The zero-order valence-corrected chi connectivity index (χ0v) is 10.7. The fraction of sp³-hybridized carbons (Fsp3) is 0.0769. The number of hydrogen-bond acceptors (Lipinski definition) is 1. The lowest BCUT2D eigenvalue weighted by atomic mass is 9.99. The summed E-state index contributed by atoms with van der Waals surface area (Å²) in [6.07, 6.45) is 0. The molecule has 5 heteroatoms. The second-order valence-electron chi connectivity index (χ2n) is 3.81. The topological polar surface area (TPSA) is 26.0 Å². The van der Waals surface area contributed by atoms with Gasteiger partial charge in [-0.05, 0) is 23.8 Å². The molecule has 1 nitrogen and oxygen atoms in total. The molecule has 2 aromatic rings. The molecule has 0 spiro atoms. The van der Waals surface area contributed by atoms with Gasteiger partial charge >= 0.3 is 0 Å². The monoisotopic (exact) mass is 315 g/mol. The van der Waals surface area contributed by atoms with Crippen molar-refractivity contribution in [1.29, 1.82) is 0 Å². The van der Waals surface area contributed by atoms with Crippen LogP contribution in [0.5, 0.6) is 0 Å². The molecular formula is C13H9BrF3N. The second kappa shape index (κ2) is 5.12. The summed E-state index contributed by atoms with van der Waals surface area (Å²) >= 11 is 3.17. The lowest BCUT2D eigenvalue weighted by Crippen LogP contribution is -2.14. The van der Waals surface area contributed by atoms with Gasteiger partial charge in [-0.2, -0.15) is 0 Å². The van der Waals surface area contributed by atoms with Gasteiger partial charge in [-0.1, -0.05) is 28.1 Å². The van der Waals surface area contributed by atoms with Crippen LogP contribution < -0.4 is 5.73 Å². The van der Waals surface area contributed by atoms with Gasteiger partial charge in [0.1, 0.15) is 17.5 Å². The first kappa shape index (κ1) is 13.1. The van der Waals surface area contributed by atoms with Crippen LogP contribution in [-0.4, -0.2) is 0 Å². The zero-order valence-electron chi connectivity index (χ0n) is 9.13. The first-order chi connectivity index (χ1) is 8.49. The molecule has 0 amide bonds. The van der Waals surface area contributed by atoms with Gasteiger partial charge in [0, 0.05) is 16.1 Å². The molecule has 94 valence electrons. The Kier molecular flexibility index (Phi) is 3.73. The Labute approximate surface area is 111 Å². The summed E-state index contributed by atoms with van der Waals surface area (Å²) in [4.78, 5) is 0. The Morgan fingerprint density at radius 3 is 2.00 bits per heavy atom. The van der Waals surface area contributed by atoms with Crippen LogP contribution in [0.4, 0.5) is 13.2 Å². The molecule has 0 radical (unpaired) electrons. The van der Waals surface area contributed by atoms with Crippen LogP contribution in [0.2, 0.25) is 0 Å². The number of hydrogen-bond donors (Lipinski definition) is 1. The minimum atomic E-state index is -0.791. The normalized spacial score (nSPS) is 12.5. The average molecular weight is 316 g/mol. The van der Waals surface area contributed by atoms with E-state index < -0.39 is 23.5 Å². The van der Waals surface area contributed by atoms with Crippen molar-refractivity contribution >= 4 is 15.9 Å². The first-order valence-corrected chi connectivity index (χ1v) is 5.94. The minimum Gasteiger partial charge on any atom is -0.320 e. The molecule has 0 aliphatic heterocycles. The molecule has 0 saturated heterocycles. The molecule has 2 N–H and O–H groups in total. The third-order valence-corrected chi connectivity index (χ3v) is 3.28. The Morgan fingerprint density at radius 1 is 0.889 bits per heavy atom. The van der Waals surface area contributed by atoms with Gasteiger partial charge in [0.25, 0.3) is 0 Å². The maximum Gasteiger partial charge on any atom is 0.131 e. The molecule has 1 atom stereocenters. The van der Waals surface area contributed by atoms with Crippen molar-refractivity contribution in [3.8, 4) is 0 Å². The molecule has 1 unspecified atom stereocenters. The predicted molar refractivity (Wildman–Crippen MR) is 66.5 cm³/mol. The van der Waals surface area contributed by atoms with Crippen molar-refractivity contribution in [1.82, 2.24) is 0 Å². The van der Waals surface area contributed by atoms with Crippen LogP contribution in [0.15, 0.2) is 40.9 Å². The fourth-order valence-electron chi connectivity index (χ4n) is 1.67. The molecular weight excluding hydrogens is 307 g/mol. The quantitative estimate of drug-likeness (QED) is 0.893. The molecule has 0 aliphatic carbocycles. The summed E-state index contributed by atoms with van der Waals surface area (Å²) in [7, 11) is 0. The van der Waals surface area contributed by atoms with Crippen molar-refractivity contribution in [2.24, 2.45) is 5.73 Å². The molecule has 2 aromatic carbocycles. The molecule has 0 fully saturated rings. The Balaban J connectivity index is 2.44. The third kappa shape index (κ3) is 2.57. The largest absolute Gasteiger partial charge is 0.320 e. The SMILES string of the molecule is NC(c1ccc(F)cc1F)c1ccc(F)cc1Br. The van der Waals surface area contributed by atoms with Gasteiger partial charge in [-0.25, -0.2) is 13.2 Å². The molecule has 0 heterocycles. The molecule has 2 rings (SSSR count). The molecule has 0 aliphatic rings. The van der Waals surface area contributed by atoms with E-state index in [-0.39, 0.29) is 5.56 Å². The van der Waals surface area contributed by atoms with E-state index in [0.29, 0.717) is 10.0 Å². The Morgan fingerprint density at radius 2 is 1.44 bits per heavy atom. The highest BCUT2D eigenvalue weighted by Crippen LogP contribution is 2.29. The summed E-state index contributed by atoms with van der Waals surface area (Å²) in [5.41, 5.74) is 6.59. The number of benzene rings is 2. The zero-order chi connectivity index (χ0) is 13.3. The fourth-order valence-corrected chi connectivity index (χ4v) is 2.27. The molecule has 0 saturated carbocycles. The highest BCUT2D eigenvalue weighted by molar-refractivity contribution is 9.10. The van der Waals surface area contributed by atoms with Crippen LogP contribution in [0, 0.1) is 17.5 Å². The van der Waals surface area contributed by atoms with E-state index in [9.17, 15) is 13.2 Å². The smallest absolute Gasteiger partial charge is 0.131 e. The minimum absolute atomic E-state index is 0.156. The van der Waals surface area contributed by atoms with E-state index in [1.54, 1.807) is 0 Å². The second-order valence-corrected chi connectivity index (χ2v) is 4.66. The summed E-state index contributed by atoms with van der Waals surface area (Å²) < 4.78 is 39.8. The number of nitrogens with two attached hydrogens (primary N) is 1. The van der Waals surface area contributed by atoms with Crippen molar-refractivity contribution in [2.45, 2.75) is 6.04 Å². The van der Waals surface area contributed by atoms with Crippen LogP contribution in [0.1, 0.15) is 17.2 Å². The van der Waals surface area contributed by atoms with E-state index in [2.05, 4.69) is 15.9 Å². The standard InChI is InChI=1S/C13H9BrF3N/c14-11-5-7(15)1-3-9(11)13(18)10-4-2-8(16)6-12(10)17/h1-6,13H,18H2. The predicted octanol–water partition coefficient (Wildman–Crippen LogP) is 3.91. The average Bonchev–Trinajstić information content (AvgIpc) is 2.28. The van der Waals surface area contributed by atoms with Gasteiger partial charge in [0.15, 0.2) is 0 Å². The Hall–Kier alpha value is -1.33. The van der Waals surface area contributed by atoms with E-state index in [1.807, 2.05) is 0 Å². The molecule has 0 aromatic heterocycles. The van der Waals surface area contributed by atoms with Crippen LogP contribution in [0.3, 0.4) is 0 Å². The maximum absolute atomic E-state index is 13.6. The molecule has 18 heavy (non-hydrogen) atoms. The summed E-state index contributed by atoms with van der Waals surface area (Å²) in [5.74, 6) is -1.81. The van der Waals surface area contributed by atoms with Crippen LogP contribution >= 0.6 is 15.9 Å². The van der Waals surface area contributed by atoms with Crippen LogP contribution in [-0.2, 0) is 0 Å². The van der Waals surface area contributed by atoms with Gasteiger partial charge in [-0.15, -0.1) is 0 Å². The van der Waals surface area contributed by atoms with E-state index in [4.69, 9.17) is 5.73 Å². The third-order valence-electron chi connectivity index (χ3n) is 2.60. The maximum atomic E-state index is 13.6. The van der Waals surface area contributed by atoms with Gasteiger partial charge in [0.2, 0.25) is 0 Å². The summed E-state index contributed by atoms with van der Waals surface area (Å²) in [5, 5.41) is 0. The van der Waals surface area contributed by atoms with Crippen molar-refractivity contribution in [2.75, 3.05) is 0 Å². The van der Waals surface area contributed by atoms with Crippen LogP contribution in [0.25, 0.3) is 0 Å². The Bertz CT molecular complexity index is 535. The van der Waals surface area contributed by atoms with Crippen molar-refractivity contribution < 1.29 is 13.2 Å². The van der Waals surface area contributed by atoms with E-state index in [1.165, 1.54) is 24.3 Å². The number of rotatable bonds is 2. The first-order valence-electron chi connectivity index (χ1n) is 5.14. The lowest BCUT2D eigenvalue weighted by Gasteiger charge is -2.15.